The fourth-order valence-corrected chi connectivity index (χ4v) is 1.72. The van der Waals surface area contributed by atoms with Gasteiger partial charge in [-0.05, 0) is 29.8 Å². The zero-order valence-electron chi connectivity index (χ0n) is 13.2. The van der Waals surface area contributed by atoms with Gasteiger partial charge in [-0.25, -0.2) is 14.6 Å². The van der Waals surface area contributed by atoms with Crippen LogP contribution in [0.5, 0.6) is 5.88 Å². The average Bonchev–Trinajstić information content (AvgIpc) is 2.61. The number of hydrogen-bond acceptors (Lipinski definition) is 7. The number of amides is 1. The Morgan fingerprint density at radius 2 is 1.85 bits per heavy atom. The van der Waals surface area contributed by atoms with E-state index in [1.165, 1.54) is 30.3 Å². The molecule has 0 aliphatic carbocycles. The van der Waals surface area contributed by atoms with Crippen molar-refractivity contribution in [2.45, 2.75) is 12.8 Å². The minimum atomic E-state index is -5.23. The summed E-state index contributed by atoms with van der Waals surface area (Å²) in [6, 6.07) is 7.60. The summed E-state index contributed by atoms with van der Waals surface area (Å²) >= 11 is 0. The Labute approximate surface area is 148 Å². The van der Waals surface area contributed by atoms with Crippen LogP contribution in [0.3, 0.4) is 0 Å². The molecule has 0 bridgehead atoms. The number of halogens is 3. The highest BCUT2D eigenvalue weighted by atomic mass is 19.4. The molecule has 1 aromatic carbocycles. The van der Waals surface area contributed by atoms with Crippen LogP contribution in [0, 0.1) is 10.1 Å². The van der Waals surface area contributed by atoms with Crippen LogP contribution in [0.15, 0.2) is 42.6 Å². The zero-order valence-corrected chi connectivity index (χ0v) is 13.2. The fourth-order valence-electron chi connectivity index (χ4n) is 1.72. The maximum atomic E-state index is 12.3. The molecule has 12 heteroatoms. The molecule has 0 radical (unpaired) electrons. The minimum absolute atomic E-state index is 0.144. The molecule has 0 saturated heterocycles. The van der Waals surface area contributed by atoms with Crippen LogP contribution in [0.25, 0.3) is 0 Å². The van der Waals surface area contributed by atoms with Crippen molar-refractivity contribution in [3.8, 4) is 5.88 Å². The molecule has 0 aliphatic heterocycles. The van der Waals surface area contributed by atoms with Crippen molar-refractivity contribution < 1.29 is 37.2 Å². The van der Waals surface area contributed by atoms with E-state index in [1.54, 1.807) is 0 Å². The molecule has 1 heterocycles. The molecular formula is C15H10F3N3O6. The van der Waals surface area contributed by atoms with Crippen LogP contribution in [0.1, 0.15) is 5.56 Å². The number of alkyl halides is 3. The molecule has 1 N–H and O–H groups in total. The lowest BCUT2D eigenvalue weighted by Crippen LogP contribution is -2.28. The lowest BCUT2D eigenvalue weighted by Gasteiger charge is -2.11. The largest absolute Gasteiger partial charge is 0.491 e. The predicted octanol–water partition coefficient (Wildman–Crippen LogP) is 3.21. The number of ether oxygens (including phenoxy) is 2. The molecule has 142 valence electrons. The second-order valence-electron chi connectivity index (χ2n) is 4.87. The highest BCUT2D eigenvalue weighted by Gasteiger charge is 2.42. The number of non-ortho nitro benzene ring substituents is 1. The van der Waals surface area contributed by atoms with Crippen LogP contribution in [0.2, 0.25) is 0 Å². The molecule has 1 amide bonds. The van der Waals surface area contributed by atoms with Crippen molar-refractivity contribution in [1.29, 1.82) is 0 Å². The quantitative estimate of drug-likeness (QED) is 0.477. The highest BCUT2D eigenvalue weighted by Crippen LogP contribution is 2.25. The van der Waals surface area contributed by atoms with Crippen molar-refractivity contribution in [3.63, 3.8) is 0 Å². The average molecular weight is 385 g/mol. The molecule has 2 aromatic rings. The molecule has 0 aliphatic rings. The normalized spacial score (nSPS) is 10.8. The molecule has 0 unspecified atom stereocenters. The molecule has 1 aromatic heterocycles. The first-order valence-electron chi connectivity index (χ1n) is 7.08. The number of nitrogens with one attached hydrogen (secondary N) is 1. The molecule has 0 atom stereocenters. The summed E-state index contributed by atoms with van der Waals surface area (Å²) < 4.78 is 45.7. The lowest BCUT2D eigenvalue weighted by molar-refractivity contribution is -0.384. The van der Waals surface area contributed by atoms with Crippen LogP contribution >= 0.6 is 0 Å². The first kappa shape index (κ1) is 19.6. The molecular weight excluding hydrogens is 375 g/mol. The number of carbonyl (C=O) groups excluding carboxylic acids is 2. The predicted molar refractivity (Wildman–Crippen MR) is 82.8 cm³/mol. The van der Waals surface area contributed by atoms with Crippen molar-refractivity contribution in [1.82, 2.24) is 4.98 Å². The van der Waals surface area contributed by atoms with Gasteiger partial charge in [0.2, 0.25) is 5.88 Å². The van der Waals surface area contributed by atoms with E-state index in [0.29, 0.717) is 5.56 Å². The Kier molecular flexibility index (Phi) is 5.90. The first-order chi connectivity index (χ1) is 12.7. The number of benzene rings is 1. The third kappa shape index (κ3) is 5.66. The third-order valence-electron chi connectivity index (χ3n) is 2.95. The van der Waals surface area contributed by atoms with Crippen LogP contribution in [0.4, 0.5) is 29.3 Å². The summed E-state index contributed by atoms with van der Waals surface area (Å²) in [7, 11) is 0. The number of rotatable bonds is 5. The van der Waals surface area contributed by atoms with E-state index in [0.717, 1.165) is 12.3 Å². The monoisotopic (exact) mass is 385 g/mol. The Morgan fingerprint density at radius 3 is 2.44 bits per heavy atom. The molecule has 27 heavy (non-hydrogen) atoms. The Hall–Kier alpha value is -3.70. The fraction of sp³-hybridized carbons (Fsp3) is 0.133. The summed E-state index contributed by atoms with van der Waals surface area (Å²) in [6.45, 7) is -0.262. The van der Waals surface area contributed by atoms with Gasteiger partial charge in [0.05, 0.1) is 4.92 Å². The van der Waals surface area contributed by atoms with Gasteiger partial charge in [-0.3, -0.25) is 15.4 Å². The summed E-state index contributed by atoms with van der Waals surface area (Å²) in [4.78, 5) is 36.1. The molecule has 0 spiro atoms. The number of nitro groups is 1. The van der Waals surface area contributed by atoms with Gasteiger partial charge in [0.25, 0.3) is 5.69 Å². The van der Waals surface area contributed by atoms with Crippen LogP contribution < -0.4 is 10.1 Å². The number of aromatic nitrogens is 1. The number of hydrogen-bond donors (Lipinski definition) is 1. The summed E-state index contributed by atoms with van der Waals surface area (Å²) in [5.41, 5.74) is -0.0239. The van der Waals surface area contributed by atoms with Gasteiger partial charge in [0.15, 0.2) is 0 Å². The van der Waals surface area contributed by atoms with E-state index >= 15 is 0 Å². The Bertz CT molecular complexity index is 855. The van der Waals surface area contributed by atoms with Gasteiger partial charge in [-0.2, -0.15) is 13.2 Å². The molecule has 9 nitrogen and oxygen atoms in total. The van der Waals surface area contributed by atoms with Gasteiger partial charge in [0, 0.05) is 18.3 Å². The maximum absolute atomic E-state index is 12.3. The molecule has 0 fully saturated rings. The number of esters is 1. The minimum Gasteiger partial charge on any atom is -0.444 e. The SMILES string of the molecule is O=C(Nc1cccnc1OC(=O)C(F)(F)F)OCc1ccc([N+](=O)[O-])cc1. The topological polar surface area (TPSA) is 121 Å². The standard InChI is InChI=1S/C15H10F3N3O6/c16-15(17,18)13(22)27-12-11(2-1-7-19-12)20-14(23)26-8-9-3-5-10(6-4-9)21(24)25/h1-7H,8H2,(H,20,23). The van der Waals surface area contributed by atoms with Crippen LogP contribution in [-0.4, -0.2) is 28.1 Å². The van der Waals surface area contributed by atoms with E-state index in [1.807, 2.05) is 0 Å². The van der Waals surface area contributed by atoms with E-state index in [-0.39, 0.29) is 18.0 Å². The van der Waals surface area contributed by atoms with E-state index in [4.69, 9.17) is 4.74 Å². The highest BCUT2D eigenvalue weighted by molar-refractivity contribution is 5.87. The van der Waals surface area contributed by atoms with Gasteiger partial charge >= 0.3 is 18.2 Å². The van der Waals surface area contributed by atoms with E-state index in [9.17, 15) is 32.9 Å². The number of carbonyl (C=O) groups is 2. The smallest absolute Gasteiger partial charge is 0.444 e. The third-order valence-corrected chi connectivity index (χ3v) is 2.95. The molecule has 2 rings (SSSR count). The van der Waals surface area contributed by atoms with Gasteiger partial charge in [-0.15, -0.1) is 0 Å². The van der Waals surface area contributed by atoms with Gasteiger partial charge in [-0.1, -0.05) is 0 Å². The maximum Gasteiger partial charge on any atom is 0.491 e. The number of nitrogens with zero attached hydrogens (tertiary/aromatic N) is 2. The van der Waals surface area contributed by atoms with Gasteiger partial charge in [0.1, 0.15) is 12.3 Å². The lowest BCUT2D eigenvalue weighted by atomic mass is 10.2. The summed E-state index contributed by atoms with van der Waals surface area (Å²) in [6.07, 6.45) is -5.23. The van der Waals surface area contributed by atoms with Crippen LogP contribution in [-0.2, 0) is 16.1 Å². The van der Waals surface area contributed by atoms with Crippen molar-refractivity contribution >= 4 is 23.4 Å². The first-order valence-corrected chi connectivity index (χ1v) is 7.08. The summed E-state index contributed by atoms with van der Waals surface area (Å²) in [5.74, 6) is -3.25. The van der Waals surface area contributed by atoms with E-state index < -0.39 is 29.0 Å². The number of pyridine rings is 1. The number of nitro benzene ring substituents is 1. The Morgan fingerprint density at radius 1 is 1.19 bits per heavy atom. The van der Waals surface area contributed by atoms with E-state index in [2.05, 4.69) is 15.0 Å². The Balaban J connectivity index is 1.97. The second-order valence-corrected chi connectivity index (χ2v) is 4.87. The van der Waals surface area contributed by atoms with Crippen molar-refractivity contribution in [2.75, 3.05) is 5.32 Å². The van der Waals surface area contributed by atoms with Gasteiger partial charge < -0.3 is 9.47 Å². The van der Waals surface area contributed by atoms with Crippen molar-refractivity contribution in [2.24, 2.45) is 0 Å². The zero-order chi connectivity index (χ0) is 20.0. The number of anilines is 1. The molecule has 0 saturated carbocycles. The summed E-state index contributed by atoms with van der Waals surface area (Å²) in [5, 5.41) is 12.6. The second kappa shape index (κ2) is 8.12. The van der Waals surface area contributed by atoms with Crippen molar-refractivity contribution in [3.05, 3.63) is 58.3 Å².